The molecule has 0 spiro atoms. The molecule has 10 heavy (non-hydrogen) atoms. The van der Waals surface area contributed by atoms with Crippen LogP contribution < -0.4 is 5.32 Å². The van der Waals surface area contributed by atoms with Crippen molar-refractivity contribution in [1.82, 2.24) is 5.32 Å². The molecule has 0 aromatic rings. The molecule has 0 aliphatic carbocycles. The summed E-state index contributed by atoms with van der Waals surface area (Å²) in [7, 11) is 0. The highest BCUT2D eigenvalue weighted by atomic mass is 16.5. The van der Waals surface area contributed by atoms with Crippen LogP contribution in [0.15, 0.2) is 0 Å². The van der Waals surface area contributed by atoms with Gasteiger partial charge in [-0.2, -0.15) is 0 Å². The third kappa shape index (κ3) is 1.96. The van der Waals surface area contributed by atoms with E-state index in [2.05, 4.69) is 26.1 Å². The molecular weight excluding hydrogens is 126 g/mol. The van der Waals surface area contributed by atoms with Gasteiger partial charge in [0.2, 0.25) is 0 Å². The number of hydrogen-bond donors (Lipinski definition) is 1. The quantitative estimate of drug-likeness (QED) is 0.637. The van der Waals surface area contributed by atoms with Crippen molar-refractivity contribution >= 4 is 0 Å². The van der Waals surface area contributed by atoms with E-state index in [4.69, 9.17) is 4.74 Å². The van der Waals surface area contributed by atoms with Crippen molar-refractivity contribution in [3.63, 3.8) is 0 Å². The summed E-state index contributed by atoms with van der Waals surface area (Å²) in [5.74, 6) is 0. The summed E-state index contributed by atoms with van der Waals surface area (Å²) in [4.78, 5) is 0. The summed E-state index contributed by atoms with van der Waals surface area (Å²) in [6.45, 7) is 9.54. The van der Waals surface area contributed by atoms with Gasteiger partial charge in [-0.25, -0.2) is 0 Å². The Morgan fingerprint density at radius 2 is 2.10 bits per heavy atom. The van der Waals surface area contributed by atoms with Gasteiger partial charge < -0.3 is 10.1 Å². The summed E-state index contributed by atoms with van der Waals surface area (Å²) in [6.07, 6.45) is 0.373. The predicted octanol–water partition coefficient (Wildman–Crippen LogP) is 1.02. The van der Waals surface area contributed by atoms with E-state index in [0.29, 0.717) is 11.5 Å². The lowest BCUT2D eigenvalue weighted by atomic mass is 9.85. The molecule has 1 fully saturated rings. The van der Waals surface area contributed by atoms with Crippen LogP contribution in [0.5, 0.6) is 0 Å². The molecular formula is C8H17NO. The summed E-state index contributed by atoms with van der Waals surface area (Å²) in [6, 6.07) is 0. The van der Waals surface area contributed by atoms with Crippen LogP contribution in [0.1, 0.15) is 20.8 Å². The van der Waals surface area contributed by atoms with Crippen molar-refractivity contribution in [2.24, 2.45) is 5.41 Å². The first-order valence-corrected chi connectivity index (χ1v) is 3.95. The molecule has 1 rings (SSSR count). The van der Waals surface area contributed by atoms with Crippen molar-refractivity contribution in [3.8, 4) is 0 Å². The largest absolute Gasteiger partial charge is 0.378 e. The average molecular weight is 143 g/mol. The Kier molecular flexibility index (Phi) is 2.32. The normalized spacial score (nSPS) is 22.8. The van der Waals surface area contributed by atoms with Gasteiger partial charge in [-0.3, -0.25) is 0 Å². The molecule has 60 valence electrons. The molecule has 1 aliphatic heterocycles. The third-order valence-electron chi connectivity index (χ3n) is 1.87. The van der Waals surface area contributed by atoms with Crippen LogP contribution >= 0.6 is 0 Å². The van der Waals surface area contributed by atoms with Crippen LogP contribution in [0.4, 0.5) is 0 Å². The highest BCUT2D eigenvalue weighted by Crippen LogP contribution is 2.21. The molecule has 0 amide bonds. The zero-order valence-corrected chi connectivity index (χ0v) is 7.11. The van der Waals surface area contributed by atoms with Crippen LogP contribution in [-0.4, -0.2) is 25.8 Å². The fourth-order valence-electron chi connectivity index (χ4n) is 1.02. The second-order valence-corrected chi connectivity index (χ2v) is 3.77. The fraction of sp³-hybridized carbons (Fsp3) is 1.00. The second kappa shape index (κ2) is 2.89. The van der Waals surface area contributed by atoms with E-state index < -0.39 is 0 Å². The number of nitrogens with one attached hydrogen (secondary N) is 1. The van der Waals surface area contributed by atoms with Crippen molar-refractivity contribution < 1.29 is 4.74 Å². The minimum atomic E-state index is 0.373. The molecule has 1 N–H and O–H groups in total. The summed E-state index contributed by atoms with van der Waals surface area (Å²) in [5, 5.41) is 3.25. The summed E-state index contributed by atoms with van der Waals surface area (Å²) in [5.41, 5.74) is 0.421. The molecule has 0 atom stereocenters. The van der Waals surface area contributed by atoms with Gasteiger partial charge in [-0.05, 0) is 13.8 Å². The molecule has 0 bridgehead atoms. The zero-order chi connectivity index (χ0) is 7.61. The summed E-state index contributed by atoms with van der Waals surface area (Å²) < 4.78 is 5.51. The Hall–Kier alpha value is -0.0800. The molecule has 1 aliphatic rings. The first-order valence-electron chi connectivity index (χ1n) is 3.95. The molecule has 0 aromatic heterocycles. The Morgan fingerprint density at radius 1 is 1.50 bits per heavy atom. The third-order valence-corrected chi connectivity index (χ3v) is 1.87. The Balaban J connectivity index is 2.12. The van der Waals surface area contributed by atoms with E-state index in [1.54, 1.807) is 0 Å². The van der Waals surface area contributed by atoms with E-state index in [1.165, 1.54) is 0 Å². The van der Waals surface area contributed by atoms with Gasteiger partial charge in [-0.15, -0.1) is 0 Å². The van der Waals surface area contributed by atoms with E-state index in [1.807, 2.05) is 0 Å². The van der Waals surface area contributed by atoms with Gasteiger partial charge in [0.15, 0.2) is 0 Å². The molecule has 0 radical (unpaired) electrons. The predicted molar refractivity (Wildman–Crippen MR) is 42.1 cm³/mol. The lowest BCUT2D eigenvalue weighted by Crippen LogP contribution is -2.54. The molecule has 0 saturated carbocycles. The van der Waals surface area contributed by atoms with E-state index in [9.17, 15) is 0 Å². The van der Waals surface area contributed by atoms with E-state index in [0.717, 1.165) is 19.7 Å². The Labute approximate surface area is 63.0 Å². The van der Waals surface area contributed by atoms with Crippen molar-refractivity contribution in [2.75, 3.05) is 19.7 Å². The smallest absolute Gasteiger partial charge is 0.0547 e. The first kappa shape index (κ1) is 8.02. The lowest BCUT2D eigenvalue weighted by Gasteiger charge is -2.39. The van der Waals surface area contributed by atoms with Crippen LogP contribution in [0, 0.1) is 5.41 Å². The van der Waals surface area contributed by atoms with E-state index >= 15 is 0 Å². The fourth-order valence-corrected chi connectivity index (χ4v) is 1.02. The Morgan fingerprint density at radius 3 is 2.40 bits per heavy atom. The second-order valence-electron chi connectivity index (χ2n) is 3.77. The van der Waals surface area contributed by atoms with Gasteiger partial charge in [0, 0.05) is 18.5 Å². The number of hydrogen-bond acceptors (Lipinski definition) is 2. The molecule has 1 heterocycles. The molecule has 2 heteroatoms. The lowest BCUT2D eigenvalue weighted by molar-refractivity contribution is -0.00867. The minimum absolute atomic E-state index is 0.373. The highest BCUT2D eigenvalue weighted by molar-refractivity contribution is 4.87. The molecule has 0 aromatic carbocycles. The maximum absolute atomic E-state index is 5.51. The van der Waals surface area contributed by atoms with Crippen molar-refractivity contribution in [2.45, 2.75) is 26.9 Å². The standard InChI is InChI=1S/C8H17NO/c1-7(2)10-6-8(3)4-9-5-8/h7,9H,4-6H2,1-3H3. The SMILES string of the molecule is CC(C)OCC1(C)CNC1. The van der Waals surface area contributed by atoms with Gasteiger partial charge in [-0.1, -0.05) is 6.92 Å². The maximum atomic E-state index is 5.51. The first-order chi connectivity index (χ1) is 4.62. The van der Waals surface area contributed by atoms with Crippen LogP contribution in [0.3, 0.4) is 0 Å². The van der Waals surface area contributed by atoms with Crippen LogP contribution in [0.25, 0.3) is 0 Å². The van der Waals surface area contributed by atoms with Crippen molar-refractivity contribution in [3.05, 3.63) is 0 Å². The van der Waals surface area contributed by atoms with Gasteiger partial charge in [0.25, 0.3) is 0 Å². The molecule has 0 unspecified atom stereocenters. The topological polar surface area (TPSA) is 21.3 Å². The number of ether oxygens (including phenoxy) is 1. The molecule has 1 saturated heterocycles. The minimum Gasteiger partial charge on any atom is -0.378 e. The van der Waals surface area contributed by atoms with E-state index in [-0.39, 0.29) is 0 Å². The molecule has 2 nitrogen and oxygen atoms in total. The summed E-state index contributed by atoms with van der Waals surface area (Å²) >= 11 is 0. The number of rotatable bonds is 3. The van der Waals surface area contributed by atoms with Gasteiger partial charge >= 0.3 is 0 Å². The monoisotopic (exact) mass is 143 g/mol. The highest BCUT2D eigenvalue weighted by Gasteiger charge is 2.31. The zero-order valence-electron chi connectivity index (χ0n) is 7.11. The van der Waals surface area contributed by atoms with Crippen molar-refractivity contribution in [1.29, 1.82) is 0 Å². The van der Waals surface area contributed by atoms with Gasteiger partial charge in [0.05, 0.1) is 12.7 Å². The Bertz CT molecular complexity index is 108. The maximum Gasteiger partial charge on any atom is 0.0547 e. The van der Waals surface area contributed by atoms with Crippen LogP contribution in [0.2, 0.25) is 0 Å². The van der Waals surface area contributed by atoms with Crippen LogP contribution in [-0.2, 0) is 4.74 Å². The van der Waals surface area contributed by atoms with Gasteiger partial charge in [0.1, 0.15) is 0 Å². The average Bonchev–Trinajstić information content (AvgIpc) is 1.79.